The molecule has 1 aliphatic rings. The molecule has 1 saturated carbocycles. The third kappa shape index (κ3) is 3.78. The number of carbonyl (C=O) groups is 2. The van der Waals surface area contributed by atoms with Crippen LogP contribution in [0.3, 0.4) is 0 Å². The fraction of sp³-hybridized carbons (Fsp3) is 0.238. The topological polar surface area (TPSA) is 86.1 Å². The van der Waals surface area contributed by atoms with E-state index in [9.17, 15) is 9.59 Å². The molecule has 28 heavy (non-hydrogen) atoms. The van der Waals surface area contributed by atoms with Gasteiger partial charge in [-0.2, -0.15) is 5.10 Å². The molecular weight excluding hydrogens is 356 g/mol. The van der Waals surface area contributed by atoms with Gasteiger partial charge in [-0.3, -0.25) is 4.79 Å². The van der Waals surface area contributed by atoms with Gasteiger partial charge in [0.2, 0.25) is 6.10 Å². The monoisotopic (exact) mass is 376 g/mol. The fourth-order valence-corrected chi connectivity index (χ4v) is 2.90. The zero-order valence-corrected chi connectivity index (χ0v) is 15.4. The highest BCUT2D eigenvalue weighted by atomic mass is 16.5. The van der Waals surface area contributed by atoms with Crippen LogP contribution in [0.4, 0.5) is 0 Å². The summed E-state index contributed by atoms with van der Waals surface area (Å²) in [5, 5.41) is 7.15. The van der Waals surface area contributed by atoms with Gasteiger partial charge >= 0.3 is 5.97 Å². The summed E-state index contributed by atoms with van der Waals surface area (Å²) < 4.78 is 7.19. The van der Waals surface area contributed by atoms with Gasteiger partial charge in [-0.05, 0) is 31.9 Å². The Kier molecular flexibility index (Phi) is 4.89. The van der Waals surface area contributed by atoms with Gasteiger partial charge in [0.1, 0.15) is 5.56 Å². The van der Waals surface area contributed by atoms with Crippen molar-refractivity contribution in [3.05, 3.63) is 77.7 Å². The van der Waals surface area contributed by atoms with E-state index in [0.717, 1.165) is 12.8 Å². The minimum Gasteiger partial charge on any atom is -0.444 e. The van der Waals surface area contributed by atoms with Crippen LogP contribution in [-0.2, 0) is 9.53 Å². The van der Waals surface area contributed by atoms with E-state index in [1.807, 2.05) is 24.3 Å². The Labute approximate surface area is 162 Å². The predicted octanol–water partition coefficient (Wildman–Crippen LogP) is 2.75. The summed E-state index contributed by atoms with van der Waals surface area (Å²) >= 11 is 0. The second-order valence-corrected chi connectivity index (χ2v) is 6.72. The number of hydrogen-bond donors (Lipinski definition) is 1. The lowest BCUT2D eigenvalue weighted by Gasteiger charge is -2.18. The number of hydrogen-bond acceptors (Lipinski definition) is 5. The molecule has 1 unspecified atom stereocenters. The Bertz CT molecular complexity index is 981. The Morgan fingerprint density at radius 3 is 2.57 bits per heavy atom. The molecular formula is C21H20N4O3. The molecule has 2 aromatic heterocycles. The first-order chi connectivity index (χ1) is 13.6. The van der Waals surface area contributed by atoms with Crippen molar-refractivity contribution in [1.29, 1.82) is 0 Å². The number of nitrogens with zero attached hydrogens (tertiary/aromatic N) is 3. The highest BCUT2D eigenvalue weighted by Crippen LogP contribution is 2.24. The quantitative estimate of drug-likeness (QED) is 0.669. The number of pyridine rings is 1. The van der Waals surface area contributed by atoms with Crippen molar-refractivity contribution in [3.63, 3.8) is 0 Å². The summed E-state index contributed by atoms with van der Waals surface area (Å²) in [7, 11) is 0. The SMILES string of the molecule is Cc1c(C(=O)OC(C(=O)NC2CC2)c2ccccc2)cnn1-c1ccccn1. The van der Waals surface area contributed by atoms with Crippen LogP contribution in [0.2, 0.25) is 0 Å². The molecule has 1 fully saturated rings. The van der Waals surface area contributed by atoms with Gasteiger partial charge in [-0.25, -0.2) is 14.5 Å². The minimum atomic E-state index is -1.01. The van der Waals surface area contributed by atoms with Crippen LogP contribution in [-0.4, -0.2) is 32.7 Å². The normalized spacial score (nSPS) is 14.3. The Morgan fingerprint density at radius 2 is 1.89 bits per heavy atom. The molecule has 2 heterocycles. The average Bonchev–Trinajstić information content (AvgIpc) is 3.45. The van der Waals surface area contributed by atoms with E-state index in [1.165, 1.54) is 6.20 Å². The van der Waals surface area contributed by atoms with Gasteiger partial charge in [0.05, 0.1) is 11.9 Å². The van der Waals surface area contributed by atoms with Crippen molar-refractivity contribution < 1.29 is 14.3 Å². The largest absolute Gasteiger partial charge is 0.444 e. The van der Waals surface area contributed by atoms with E-state index in [4.69, 9.17) is 4.74 Å². The van der Waals surface area contributed by atoms with Gasteiger partial charge in [0.15, 0.2) is 5.82 Å². The number of carbonyl (C=O) groups excluding carboxylic acids is 2. The van der Waals surface area contributed by atoms with Crippen LogP contribution >= 0.6 is 0 Å². The van der Waals surface area contributed by atoms with Crippen molar-refractivity contribution in [2.75, 3.05) is 0 Å². The van der Waals surface area contributed by atoms with E-state index in [1.54, 1.807) is 42.1 Å². The molecule has 1 amide bonds. The molecule has 1 atom stereocenters. The van der Waals surface area contributed by atoms with Gasteiger partial charge in [0, 0.05) is 17.8 Å². The Hall–Kier alpha value is -3.48. The van der Waals surface area contributed by atoms with Gasteiger partial charge in [0.25, 0.3) is 5.91 Å². The van der Waals surface area contributed by atoms with Crippen LogP contribution in [0.25, 0.3) is 5.82 Å². The van der Waals surface area contributed by atoms with Crippen LogP contribution in [0.15, 0.2) is 60.9 Å². The number of benzene rings is 1. The first kappa shape index (κ1) is 17.9. The highest BCUT2D eigenvalue weighted by Gasteiger charge is 2.31. The number of ether oxygens (including phenoxy) is 1. The summed E-state index contributed by atoms with van der Waals surface area (Å²) in [6, 6.07) is 14.6. The molecule has 1 aliphatic carbocycles. The molecule has 0 bridgehead atoms. The molecule has 0 saturated heterocycles. The van der Waals surface area contributed by atoms with Crippen LogP contribution in [0.1, 0.15) is 40.6 Å². The van der Waals surface area contributed by atoms with E-state index in [2.05, 4.69) is 15.4 Å². The standard InChI is InChI=1S/C21H20N4O3/c1-14-17(13-23-25(14)18-9-5-6-12-22-18)21(27)28-19(15-7-3-2-4-8-15)20(26)24-16-10-11-16/h2-9,12-13,16,19H,10-11H2,1H3,(H,24,26). The smallest absolute Gasteiger partial charge is 0.342 e. The number of esters is 1. The fourth-order valence-electron chi connectivity index (χ4n) is 2.90. The van der Waals surface area contributed by atoms with Crippen molar-refractivity contribution in [1.82, 2.24) is 20.1 Å². The van der Waals surface area contributed by atoms with E-state index < -0.39 is 12.1 Å². The lowest BCUT2D eigenvalue weighted by molar-refractivity contribution is -0.130. The molecule has 0 radical (unpaired) electrons. The second-order valence-electron chi connectivity index (χ2n) is 6.72. The summed E-state index contributed by atoms with van der Waals surface area (Å²) in [6.07, 6.45) is 4.00. The van der Waals surface area contributed by atoms with E-state index in [-0.39, 0.29) is 11.9 Å². The van der Waals surface area contributed by atoms with Crippen molar-refractivity contribution in [2.24, 2.45) is 0 Å². The average molecular weight is 376 g/mol. The zero-order valence-electron chi connectivity index (χ0n) is 15.4. The van der Waals surface area contributed by atoms with Crippen LogP contribution in [0, 0.1) is 6.92 Å². The number of nitrogens with one attached hydrogen (secondary N) is 1. The molecule has 142 valence electrons. The zero-order chi connectivity index (χ0) is 19.5. The molecule has 7 heteroatoms. The number of amides is 1. The van der Waals surface area contributed by atoms with Crippen molar-refractivity contribution in [3.8, 4) is 5.82 Å². The number of aromatic nitrogens is 3. The summed E-state index contributed by atoms with van der Waals surface area (Å²) in [5.41, 5.74) is 1.52. The van der Waals surface area contributed by atoms with Gasteiger partial charge in [-0.1, -0.05) is 36.4 Å². The van der Waals surface area contributed by atoms with E-state index in [0.29, 0.717) is 22.6 Å². The first-order valence-corrected chi connectivity index (χ1v) is 9.16. The Morgan fingerprint density at radius 1 is 1.14 bits per heavy atom. The van der Waals surface area contributed by atoms with Crippen molar-refractivity contribution in [2.45, 2.75) is 31.9 Å². The Balaban J connectivity index is 1.58. The molecule has 0 aliphatic heterocycles. The maximum atomic E-state index is 12.8. The van der Waals surface area contributed by atoms with Gasteiger partial charge in [-0.15, -0.1) is 0 Å². The molecule has 4 rings (SSSR count). The summed E-state index contributed by atoms with van der Waals surface area (Å²) in [4.78, 5) is 29.7. The molecule has 1 aromatic carbocycles. The maximum Gasteiger partial charge on any atom is 0.342 e. The van der Waals surface area contributed by atoms with Crippen LogP contribution in [0.5, 0.6) is 0 Å². The summed E-state index contributed by atoms with van der Waals surface area (Å²) in [6.45, 7) is 1.76. The lowest BCUT2D eigenvalue weighted by Crippen LogP contribution is -2.33. The molecule has 3 aromatic rings. The predicted molar refractivity (Wildman–Crippen MR) is 102 cm³/mol. The van der Waals surface area contributed by atoms with Gasteiger partial charge < -0.3 is 10.1 Å². The third-order valence-corrected chi connectivity index (χ3v) is 4.59. The van der Waals surface area contributed by atoms with Crippen LogP contribution < -0.4 is 5.32 Å². The lowest BCUT2D eigenvalue weighted by atomic mass is 10.1. The second kappa shape index (κ2) is 7.64. The first-order valence-electron chi connectivity index (χ1n) is 9.16. The molecule has 1 N–H and O–H groups in total. The minimum absolute atomic E-state index is 0.172. The third-order valence-electron chi connectivity index (χ3n) is 4.59. The maximum absolute atomic E-state index is 12.8. The van der Waals surface area contributed by atoms with Crippen molar-refractivity contribution >= 4 is 11.9 Å². The molecule has 7 nitrogen and oxygen atoms in total. The highest BCUT2D eigenvalue weighted by molar-refractivity contribution is 5.93. The van der Waals surface area contributed by atoms with E-state index >= 15 is 0 Å². The summed E-state index contributed by atoms with van der Waals surface area (Å²) in [5.74, 6) is -0.304. The molecule has 0 spiro atoms. The number of rotatable bonds is 6.